The summed E-state index contributed by atoms with van der Waals surface area (Å²) in [6.07, 6.45) is 0. The number of aromatic nitrogens is 1. The van der Waals surface area contributed by atoms with Crippen molar-refractivity contribution in [2.45, 2.75) is 0 Å². The Morgan fingerprint density at radius 3 is 2.47 bits per heavy atom. The van der Waals surface area contributed by atoms with Crippen molar-refractivity contribution in [3.8, 4) is 0 Å². The Kier molecular flexibility index (Phi) is 3.62. The predicted molar refractivity (Wildman–Crippen MR) is 68.0 cm³/mol. The van der Waals surface area contributed by atoms with Crippen LogP contribution in [0.25, 0.3) is 0 Å². The van der Waals surface area contributed by atoms with E-state index in [-0.39, 0.29) is 16.5 Å². The number of rotatable bonds is 2. The second-order valence-electron chi connectivity index (χ2n) is 3.65. The van der Waals surface area contributed by atoms with Crippen LogP contribution in [0.1, 0.15) is 10.4 Å². The zero-order chi connectivity index (χ0) is 14.0. The molecule has 2 aromatic rings. The van der Waals surface area contributed by atoms with Gasteiger partial charge in [-0.15, -0.1) is 0 Å². The first-order valence-electron chi connectivity index (χ1n) is 5.16. The Labute approximate surface area is 112 Å². The summed E-state index contributed by atoms with van der Waals surface area (Å²) >= 11 is 5.64. The number of pyridine rings is 1. The summed E-state index contributed by atoms with van der Waals surface area (Å²) in [5.74, 6) is -2.45. The van der Waals surface area contributed by atoms with Gasteiger partial charge in [0, 0.05) is 5.56 Å². The number of carbonyl (C=O) groups excluding carboxylic acids is 1. The Hall–Kier alpha value is -2.21. The van der Waals surface area contributed by atoms with Crippen molar-refractivity contribution >= 4 is 29.0 Å². The lowest BCUT2D eigenvalue weighted by molar-refractivity contribution is 0.102. The van der Waals surface area contributed by atoms with Gasteiger partial charge in [-0.2, -0.15) is 0 Å². The van der Waals surface area contributed by atoms with E-state index in [4.69, 9.17) is 17.3 Å². The fourth-order valence-corrected chi connectivity index (χ4v) is 1.67. The average molecular weight is 284 g/mol. The molecular weight excluding hydrogens is 276 g/mol. The van der Waals surface area contributed by atoms with E-state index in [1.165, 1.54) is 18.2 Å². The predicted octanol–water partition coefficient (Wildman–Crippen LogP) is 2.85. The molecule has 7 heteroatoms. The van der Waals surface area contributed by atoms with Gasteiger partial charge in [0.05, 0.1) is 0 Å². The van der Waals surface area contributed by atoms with Crippen molar-refractivity contribution in [2.75, 3.05) is 11.1 Å². The van der Waals surface area contributed by atoms with E-state index in [1.54, 1.807) is 0 Å². The summed E-state index contributed by atoms with van der Waals surface area (Å²) < 4.78 is 26.7. The van der Waals surface area contributed by atoms with Crippen LogP contribution < -0.4 is 11.1 Å². The van der Waals surface area contributed by atoms with Crippen LogP contribution in [-0.4, -0.2) is 10.9 Å². The Morgan fingerprint density at radius 2 is 1.89 bits per heavy atom. The molecule has 1 amide bonds. The topological polar surface area (TPSA) is 68.0 Å². The summed E-state index contributed by atoms with van der Waals surface area (Å²) in [5.41, 5.74) is 4.95. The minimum Gasteiger partial charge on any atom is -0.384 e. The van der Waals surface area contributed by atoms with Crippen molar-refractivity contribution in [3.63, 3.8) is 0 Å². The van der Waals surface area contributed by atoms with E-state index in [0.29, 0.717) is 0 Å². The minimum absolute atomic E-state index is 0.0131. The number of carbonyl (C=O) groups is 1. The third kappa shape index (κ3) is 2.97. The second-order valence-corrected chi connectivity index (χ2v) is 4.04. The van der Waals surface area contributed by atoms with E-state index in [1.807, 2.05) is 0 Å². The third-order valence-corrected chi connectivity index (χ3v) is 2.47. The van der Waals surface area contributed by atoms with Gasteiger partial charge in [-0.25, -0.2) is 13.8 Å². The van der Waals surface area contributed by atoms with E-state index >= 15 is 0 Å². The van der Waals surface area contributed by atoms with Gasteiger partial charge in [0.15, 0.2) is 0 Å². The highest BCUT2D eigenvalue weighted by molar-refractivity contribution is 6.30. The number of amides is 1. The smallest absolute Gasteiger partial charge is 0.256 e. The van der Waals surface area contributed by atoms with Gasteiger partial charge in [0.2, 0.25) is 0 Å². The Balaban J connectivity index is 2.31. The number of nitrogens with one attached hydrogen (secondary N) is 1. The van der Waals surface area contributed by atoms with E-state index in [9.17, 15) is 13.6 Å². The highest BCUT2D eigenvalue weighted by atomic mass is 35.5. The molecule has 98 valence electrons. The molecule has 1 heterocycles. The van der Waals surface area contributed by atoms with Gasteiger partial charge in [0.1, 0.15) is 28.3 Å². The molecule has 0 fully saturated rings. The van der Waals surface area contributed by atoms with Crippen molar-refractivity contribution in [2.24, 2.45) is 0 Å². The molecule has 0 saturated carbocycles. The normalized spacial score (nSPS) is 10.3. The first-order chi connectivity index (χ1) is 8.97. The molecule has 0 radical (unpaired) electrons. The van der Waals surface area contributed by atoms with Crippen LogP contribution in [0.4, 0.5) is 20.3 Å². The van der Waals surface area contributed by atoms with Crippen molar-refractivity contribution in [3.05, 3.63) is 52.7 Å². The van der Waals surface area contributed by atoms with Crippen LogP contribution in [0, 0.1) is 11.6 Å². The molecule has 0 aliphatic rings. The maximum atomic E-state index is 13.4. The lowest BCUT2D eigenvalue weighted by Crippen LogP contribution is -2.15. The van der Waals surface area contributed by atoms with Crippen LogP contribution >= 0.6 is 11.6 Å². The number of nitrogens with zero attached hydrogens (tertiary/aromatic N) is 1. The molecule has 0 saturated heterocycles. The van der Waals surface area contributed by atoms with Gasteiger partial charge in [-0.1, -0.05) is 17.7 Å². The molecular formula is C12H8ClF2N3O. The molecule has 0 unspecified atom stereocenters. The largest absolute Gasteiger partial charge is 0.384 e. The number of hydrogen-bond donors (Lipinski definition) is 2. The van der Waals surface area contributed by atoms with Crippen LogP contribution in [0.3, 0.4) is 0 Å². The summed E-state index contributed by atoms with van der Waals surface area (Å²) in [4.78, 5) is 15.5. The molecule has 0 atom stereocenters. The zero-order valence-corrected chi connectivity index (χ0v) is 10.2. The Morgan fingerprint density at radius 1 is 1.26 bits per heavy atom. The van der Waals surface area contributed by atoms with Gasteiger partial charge < -0.3 is 11.1 Å². The van der Waals surface area contributed by atoms with Gasteiger partial charge in [-0.3, -0.25) is 4.79 Å². The van der Waals surface area contributed by atoms with Crippen molar-refractivity contribution < 1.29 is 13.6 Å². The summed E-state index contributed by atoms with van der Waals surface area (Å²) in [6, 6.07) is 5.76. The molecule has 19 heavy (non-hydrogen) atoms. The van der Waals surface area contributed by atoms with Gasteiger partial charge in [0.25, 0.3) is 5.91 Å². The zero-order valence-electron chi connectivity index (χ0n) is 9.45. The molecule has 0 aliphatic carbocycles. The maximum absolute atomic E-state index is 13.4. The summed E-state index contributed by atoms with van der Waals surface area (Å²) in [7, 11) is 0. The second kappa shape index (κ2) is 5.19. The standard InChI is InChI=1S/C12H8ClF2N3O/c13-9-4-6(5-10(16)17-9)12(19)18-11-7(14)2-1-3-8(11)15/h1-5H,(H2,16,17)(H,18,19). The number of nitrogens with two attached hydrogens (primary N) is 1. The molecule has 0 aliphatic heterocycles. The molecule has 1 aromatic carbocycles. The average Bonchev–Trinajstić information content (AvgIpc) is 2.32. The molecule has 3 N–H and O–H groups in total. The highest BCUT2D eigenvalue weighted by Gasteiger charge is 2.14. The minimum atomic E-state index is -0.874. The first kappa shape index (κ1) is 13.2. The van der Waals surface area contributed by atoms with E-state index in [2.05, 4.69) is 10.3 Å². The van der Waals surface area contributed by atoms with E-state index in [0.717, 1.165) is 12.1 Å². The lowest BCUT2D eigenvalue weighted by Gasteiger charge is -2.08. The van der Waals surface area contributed by atoms with Crippen LogP contribution in [0.5, 0.6) is 0 Å². The van der Waals surface area contributed by atoms with Gasteiger partial charge in [-0.05, 0) is 24.3 Å². The van der Waals surface area contributed by atoms with Crippen LogP contribution in [-0.2, 0) is 0 Å². The van der Waals surface area contributed by atoms with Crippen LogP contribution in [0.15, 0.2) is 30.3 Å². The molecule has 1 aromatic heterocycles. The molecule has 2 rings (SSSR count). The molecule has 0 spiro atoms. The molecule has 0 bridgehead atoms. The lowest BCUT2D eigenvalue weighted by atomic mass is 10.2. The third-order valence-electron chi connectivity index (χ3n) is 2.28. The fraction of sp³-hybridized carbons (Fsp3) is 0. The number of halogens is 3. The highest BCUT2D eigenvalue weighted by Crippen LogP contribution is 2.20. The number of anilines is 2. The fourth-order valence-electron chi connectivity index (χ4n) is 1.45. The Bertz CT molecular complexity index is 608. The maximum Gasteiger partial charge on any atom is 0.256 e. The quantitative estimate of drug-likeness (QED) is 0.833. The number of hydrogen-bond acceptors (Lipinski definition) is 3. The number of para-hydroxylation sites is 1. The van der Waals surface area contributed by atoms with Crippen molar-refractivity contribution in [1.82, 2.24) is 4.98 Å². The first-order valence-corrected chi connectivity index (χ1v) is 5.53. The summed E-state index contributed by atoms with van der Waals surface area (Å²) in [5, 5.41) is 2.13. The summed E-state index contributed by atoms with van der Waals surface area (Å²) in [6.45, 7) is 0. The van der Waals surface area contributed by atoms with Crippen LogP contribution in [0.2, 0.25) is 5.15 Å². The molecule has 4 nitrogen and oxygen atoms in total. The SMILES string of the molecule is Nc1cc(C(=O)Nc2c(F)cccc2F)cc(Cl)n1. The monoisotopic (exact) mass is 283 g/mol. The van der Waals surface area contributed by atoms with Crippen molar-refractivity contribution in [1.29, 1.82) is 0 Å². The van der Waals surface area contributed by atoms with Gasteiger partial charge >= 0.3 is 0 Å². The number of nitrogen functional groups attached to an aromatic ring is 1. The van der Waals surface area contributed by atoms with E-state index < -0.39 is 23.2 Å². The number of benzene rings is 1.